The van der Waals surface area contributed by atoms with Crippen LogP contribution in [0.5, 0.6) is 5.75 Å². The molecule has 6 nitrogen and oxygen atoms in total. The molecule has 1 heterocycles. The number of benzene rings is 1. The molecular weight excluding hydrogens is 320 g/mol. The number of piperidine rings is 1. The summed E-state index contributed by atoms with van der Waals surface area (Å²) in [6, 6.07) is 7.80. The first kappa shape index (κ1) is 19.7. The number of nitrogens with zero attached hydrogens (tertiary/aromatic N) is 1. The number of carbonyl (C=O) groups excluding carboxylic acids is 1. The zero-order chi connectivity index (χ0) is 18.1. The van der Waals surface area contributed by atoms with Gasteiger partial charge in [0, 0.05) is 45.5 Å². The maximum Gasteiger partial charge on any atom is 0.251 e. The summed E-state index contributed by atoms with van der Waals surface area (Å²) in [5.74, 6) is 0.647. The van der Waals surface area contributed by atoms with Gasteiger partial charge in [-0.3, -0.25) is 9.69 Å². The Balaban J connectivity index is 1.83. The predicted octanol–water partition coefficient (Wildman–Crippen LogP) is 1.94. The SMILES string of the molecule is COCCNC(=O)c1cccc(OC2CCN([C@@H](C)COC)CC2)c1. The van der Waals surface area contributed by atoms with Crippen molar-refractivity contribution in [2.45, 2.75) is 31.9 Å². The van der Waals surface area contributed by atoms with E-state index in [9.17, 15) is 4.79 Å². The monoisotopic (exact) mass is 350 g/mol. The highest BCUT2D eigenvalue weighted by Gasteiger charge is 2.23. The third-order valence-electron chi connectivity index (χ3n) is 4.50. The first-order valence-corrected chi connectivity index (χ1v) is 8.91. The largest absolute Gasteiger partial charge is 0.490 e. The Morgan fingerprint density at radius 2 is 2.04 bits per heavy atom. The summed E-state index contributed by atoms with van der Waals surface area (Å²) in [6.07, 6.45) is 2.16. The first-order chi connectivity index (χ1) is 12.1. The Morgan fingerprint density at radius 3 is 2.72 bits per heavy atom. The standard InChI is InChI=1S/C19H30N2O4/c1-15(14-24-3)21-10-7-17(8-11-21)25-18-6-4-5-16(13-18)19(22)20-9-12-23-2/h4-6,13,15,17H,7-12,14H2,1-3H3,(H,20,22)/t15-/m0/s1. The van der Waals surface area contributed by atoms with Crippen LogP contribution in [0.1, 0.15) is 30.1 Å². The third-order valence-corrected chi connectivity index (χ3v) is 4.50. The second-order valence-corrected chi connectivity index (χ2v) is 6.43. The van der Waals surface area contributed by atoms with E-state index in [1.807, 2.05) is 18.2 Å². The van der Waals surface area contributed by atoms with E-state index in [-0.39, 0.29) is 12.0 Å². The van der Waals surface area contributed by atoms with Crippen LogP contribution in [0.3, 0.4) is 0 Å². The van der Waals surface area contributed by atoms with Crippen LogP contribution in [0.2, 0.25) is 0 Å². The van der Waals surface area contributed by atoms with Gasteiger partial charge in [0.2, 0.25) is 0 Å². The highest BCUT2D eigenvalue weighted by Crippen LogP contribution is 2.21. The number of likely N-dealkylation sites (tertiary alicyclic amines) is 1. The molecular formula is C19H30N2O4. The van der Waals surface area contributed by atoms with Gasteiger partial charge in [-0.05, 0) is 38.0 Å². The van der Waals surface area contributed by atoms with Crippen molar-refractivity contribution in [2.24, 2.45) is 0 Å². The van der Waals surface area contributed by atoms with Crippen molar-refractivity contribution in [2.75, 3.05) is 47.1 Å². The summed E-state index contributed by atoms with van der Waals surface area (Å²) in [5, 5.41) is 2.82. The molecule has 1 atom stereocenters. The molecule has 2 rings (SSSR count). The van der Waals surface area contributed by atoms with E-state index < -0.39 is 0 Å². The Labute approximate surface area is 150 Å². The Bertz CT molecular complexity index is 530. The minimum absolute atomic E-state index is 0.106. The van der Waals surface area contributed by atoms with E-state index in [1.54, 1.807) is 20.3 Å². The lowest BCUT2D eigenvalue weighted by atomic mass is 10.1. The van der Waals surface area contributed by atoms with Gasteiger partial charge in [-0.25, -0.2) is 0 Å². The average molecular weight is 350 g/mol. The molecule has 1 aromatic carbocycles. The van der Waals surface area contributed by atoms with Crippen molar-refractivity contribution in [1.82, 2.24) is 10.2 Å². The van der Waals surface area contributed by atoms with Crippen molar-refractivity contribution < 1.29 is 19.0 Å². The fraction of sp³-hybridized carbons (Fsp3) is 0.632. The smallest absolute Gasteiger partial charge is 0.251 e. The fourth-order valence-corrected chi connectivity index (χ4v) is 3.05. The predicted molar refractivity (Wildman–Crippen MR) is 97.2 cm³/mol. The maximum atomic E-state index is 12.1. The number of amides is 1. The highest BCUT2D eigenvalue weighted by atomic mass is 16.5. The molecule has 25 heavy (non-hydrogen) atoms. The van der Waals surface area contributed by atoms with Crippen LogP contribution >= 0.6 is 0 Å². The summed E-state index contributed by atoms with van der Waals surface area (Å²) in [7, 11) is 3.35. The molecule has 0 unspecified atom stereocenters. The number of ether oxygens (including phenoxy) is 3. The van der Waals surface area contributed by atoms with Crippen LogP contribution in [0.15, 0.2) is 24.3 Å². The molecule has 0 spiro atoms. The van der Waals surface area contributed by atoms with Crippen LogP contribution in [0.4, 0.5) is 0 Å². The van der Waals surface area contributed by atoms with E-state index in [0.717, 1.165) is 38.3 Å². The molecule has 1 aliphatic heterocycles. The van der Waals surface area contributed by atoms with Crippen molar-refractivity contribution in [3.63, 3.8) is 0 Å². The quantitative estimate of drug-likeness (QED) is 0.690. The van der Waals surface area contributed by atoms with Crippen molar-refractivity contribution >= 4 is 5.91 Å². The molecule has 1 amide bonds. The van der Waals surface area contributed by atoms with E-state index >= 15 is 0 Å². The van der Waals surface area contributed by atoms with Gasteiger partial charge in [0.25, 0.3) is 5.91 Å². The molecule has 0 radical (unpaired) electrons. The Hall–Kier alpha value is -1.63. The fourth-order valence-electron chi connectivity index (χ4n) is 3.05. The lowest BCUT2D eigenvalue weighted by Crippen LogP contribution is -2.44. The van der Waals surface area contributed by atoms with Gasteiger partial charge < -0.3 is 19.5 Å². The van der Waals surface area contributed by atoms with Crippen LogP contribution in [0, 0.1) is 0 Å². The van der Waals surface area contributed by atoms with Gasteiger partial charge in [0.1, 0.15) is 11.9 Å². The van der Waals surface area contributed by atoms with Gasteiger partial charge in [0.05, 0.1) is 13.2 Å². The summed E-state index contributed by atoms with van der Waals surface area (Å²) in [5.41, 5.74) is 0.611. The van der Waals surface area contributed by atoms with Crippen LogP contribution in [-0.4, -0.2) is 70.0 Å². The molecule has 1 fully saturated rings. The number of hydrogen-bond acceptors (Lipinski definition) is 5. The molecule has 0 aliphatic carbocycles. The Kier molecular flexibility index (Phi) is 8.18. The van der Waals surface area contributed by atoms with E-state index in [0.29, 0.717) is 24.8 Å². The minimum atomic E-state index is -0.106. The molecule has 140 valence electrons. The van der Waals surface area contributed by atoms with Crippen molar-refractivity contribution in [1.29, 1.82) is 0 Å². The molecule has 1 N–H and O–H groups in total. The number of nitrogens with one attached hydrogen (secondary N) is 1. The summed E-state index contributed by atoms with van der Waals surface area (Å²) < 4.78 is 16.3. The number of rotatable bonds is 9. The van der Waals surface area contributed by atoms with Gasteiger partial charge >= 0.3 is 0 Å². The molecule has 1 aromatic rings. The molecule has 1 aliphatic rings. The highest BCUT2D eigenvalue weighted by molar-refractivity contribution is 5.94. The molecule has 0 saturated carbocycles. The number of methoxy groups -OCH3 is 2. The van der Waals surface area contributed by atoms with E-state index in [4.69, 9.17) is 14.2 Å². The maximum absolute atomic E-state index is 12.1. The van der Waals surface area contributed by atoms with Crippen LogP contribution in [-0.2, 0) is 9.47 Å². The molecule has 0 aromatic heterocycles. The number of carbonyl (C=O) groups is 1. The molecule has 0 bridgehead atoms. The summed E-state index contributed by atoms with van der Waals surface area (Å²) in [4.78, 5) is 14.5. The van der Waals surface area contributed by atoms with Gasteiger partial charge in [-0.1, -0.05) is 6.07 Å². The Morgan fingerprint density at radius 1 is 1.28 bits per heavy atom. The molecule has 6 heteroatoms. The van der Waals surface area contributed by atoms with Crippen molar-refractivity contribution in [3.05, 3.63) is 29.8 Å². The second-order valence-electron chi connectivity index (χ2n) is 6.43. The normalized spacial score (nSPS) is 17.2. The topological polar surface area (TPSA) is 60.0 Å². The van der Waals surface area contributed by atoms with E-state index in [2.05, 4.69) is 17.1 Å². The van der Waals surface area contributed by atoms with Gasteiger partial charge in [-0.2, -0.15) is 0 Å². The first-order valence-electron chi connectivity index (χ1n) is 8.91. The summed E-state index contributed by atoms with van der Waals surface area (Å²) >= 11 is 0. The zero-order valence-corrected chi connectivity index (χ0v) is 15.5. The van der Waals surface area contributed by atoms with E-state index in [1.165, 1.54) is 0 Å². The second kappa shape index (κ2) is 10.4. The number of hydrogen-bond donors (Lipinski definition) is 1. The minimum Gasteiger partial charge on any atom is -0.490 e. The average Bonchev–Trinajstić information content (AvgIpc) is 2.63. The van der Waals surface area contributed by atoms with Crippen LogP contribution < -0.4 is 10.1 Å². The summed E-state index contributed by atoms with van der Waals surface area (Å²) in [6.45, 7) is 5.96. The molecule has 1 saturated heterocycles. The lowest BCUT2D eigenvalue weighted by Gasteiger charge is -2.35. The van der Waals surface area contributed by atoms with Gasteiger partial charge in [-0.15, -0.1) is 0 Å². The van der Waals surface area contributed by atoms with Crippen LogP contribution in [0.25, 0.3) is 0 Å². The third kappa shape index (κ3) is 6.30. The van der Waals surface area contributed by atoms with Crippen molar-refractivity contribution in [3.8, 4) is 5.75 Å². The lowest BCUT2D eigenvalue weighted by molar-refractivity contribution is 0.0474. The van der Waals surface area contributed by atoms with Gasteiger partial charge in [0.15, 0.2) is 0 Å². The zero-order valence-electron chi connectivity index (χ0n) is 15.5.